The average molecular weight is 230 g/mol. The van der Waals surface area contributed by atoms with Crippen molar-refractivity contribution in [1.29, 1.82) is 0 Å². The quantitative estimate of drug-likeness (QED) is 0.771. The first-order valence-electron chi connectivity index (χ1n) is 5.45. The normalized spacial score (nSPS) is 10.3. The van der Waals surface area contributed by atoms with Gasteiger partial charge in [-0.05, 0) is 49.2 Å². The summed E-state index contributed by atoms with van der Waals surface area (Å²) in [5.74, 6) is -0.258. The smallest absolute Gasteiger partial charge is 0.146 e. The third-order valence-electron chi connectivity index (χ3n) is 2.66. The van der Waals surface area contributed by atoms with Crippen LogP contribution >= 0.6 is 0 Å². The van der Waals surface area contributed by atoms with Gasteiger partial charge in [0.1, 0.15) is 5.82 Å². The van der Waals surface area contributed by atoms with Gasteiger partial charge in [0.2, 0.25) is 0 Å². The lowest BCUT2D eigenvalue weighted by Gasteiger charge is -2.11. The number of hydrogen-bond acceptors (Lipinski definition) is 2. The average Bonchev–Trinajstić information content (AvgIpc) is 2.27. The predicted molar refractivity (Wildman–Crippen MR) is 70.0 cm³/mol. The Bertz CT molecular complexity index is 550. The lowest BCUT2D eigenvalue weighted by atomic mass is 10.1. The molecule has 0 aromatic heterocycles. The summed E-state index contributed by atoms with van der Waals surface area (Å²) >= 11 is 0. The van der Waals surface area contributed by atoms with Gasteiger partial charge < -0.3 is 11.1 Å². The number of aryl methyl sites for hydroxylation is 2. The minimum atomic E-state index is -0.258. The van der Waals surface area contributed by atoms with Crippen LogP contribution in [0.1, 0.15) is 11.1 Å². The molecule has 3 heteroatoms. The summed E-state index contributed by atoms with van der Waals surface area (Å²) in [5.41, 5.74) is 9.58. The molecular weight excluding hydrogens is 215 g/mol. The van der Waals surface area contributed by atoms with E-state index in [-0.39, 0.29) is 5.82 Å². The number of benzene rings is 2. The van der Waals surface area contributed by atoms with Gasteiger partial charge in [-0.3, -0.25) is 0 Å². The first-order valence-corrected chi connectivity index (χ1v) is 5.45. The highest BCUT2D eigenvalue weighted by atomic mass is 19.1. The zero-order chi connectivity index (χ0) is 12.4. The fraction of sp³-hybridized carbons (Fsp3) is 0.143. The van der Waals surface area contributed by atoms with E-state index in [9.17, 15) is 4.39 Å². The molecule has 17 heavy (non-hydrogen) atoms. The van der Waals surface area contributed by atoms with Gasteiger partial charge in [0.25, 0.3) is 0 Å². The summed E-state index contributed by atoms with van der Waals surface area (Å²) in [7, 11) is 0. The molecule has 0 atom stereocenters. The fourth-order valence-electron chi connectivity index (χ4n) is 1.64. The van der Waals surface area contributed by atoms with Gasteiger partial charge in [0.05, 0.1) is 5.69 Å². The SMILES string of the molecule is Cc1ccc(Nc2cc(N)ccc2C)c(F)c1. The lowest BCUT2D eigenvalue weighted by Crippen LogP contribution is -1.97. The van der Waals surface area contributed by atoms with Crippen molar-refractivity contribution in [3.63, 3.8) is 0 Å². The van der Waals surface area contributed by atoms with E-state index in [2.05, 4.69) is 5.32 Å². The van der Waals surface area contributed by atoms with Crippen LogP contribution in [0.2, 0.25) is 0 Å². The summed E-state index contributed by atoms with van der Waals surface area (Å²) in [5, 5.41) is 3.05. The van der Waals surface area contributed by atoms with Crippen molar-refractivity contribution >= 4 is 17.1 Å². The summed E-state index contributed by atoms with van der Waals surface area (Å²) in [4.78, 5) is 0. The molecule has 0 spiro atoms. The van der Waals surface area contributed by atoms with E-state index in [0.717, 1.165) is 16.8 Å². The molecular formula is C14H15FN2. The van der Waals surface area contributed by atoms with Crippen LogP contribution in [-0.2, 0) is 0 Å². The highest BCUT2D eigenvalue weighted by Crippen LogP contribution is 2.25. The third-order valence-corrected chi connectivity index (χ3v) is 2.66. The summed E-state index contributed by atoms with van der Waals surface area (Å²) in [6, 6.07) is 10.6. The van der Waals surface area contributed by atoms with Crippen LogP contribution in [0.25, 0.3) is 0 Å². The summed E-state index contributed by atoms with van der Waals surface area (Å²) in [6.07, 6.45) is 0. The fourth-order valence-corrected chi connectivity index (χ4v) is 1.64. The van der Waals surface area contributed by atoms with E-state index in [0.29, 0.717) is 11.4 Å². The van der Waals surface area contributed by atoms with Crippen molar-refractivity contribution in [2.24, 2.45) is 0 Å². The number of nitrogens with one attached hydrogen (secondary N) is 1. The zero-order valence-corrected chi connectivity index (χ0v) is 9.92. The second kappa shape index (κ2) is 4.45. The predicted octanol–water partition coefficient (Wildman–Crippen LogP) is 3.77. The largest absolute Gasteiger partial charge is 0.399 e. The lowest BCUT2D eigenvalue weighted by molar-refractivity contribution is 0.630. The first-order chi connectivity index (χ1) is 8.06. The molecule has 2 aromatic carbocycles. The van der Waals surface area contributed by atoms with Crippen molar-refractivity contribution < 1.29 is 4.39 Å². The topological polar surface area (TPSA) is 38.0 Å². The van der Waals surface area contributed by atoms with Gasteiger partial charge in [-0.15, -0.1) is 0 Å². The first kappa shape index (κ1) is 11.5. The molecule has 0 amide bonds. The van der Waals surface area contributed by atoms with Gasteiger partial charge >= 0.3 is 0 Å². The molecule has 0 fully saturated rings. The Hall–Kier alpha value is -2.03. The van der Waals surface area contributed by atoms with Gasteiger partial charge in [0.15, 0.2) is 0 Å². The minimum Gasteiger partial charge on any atom is -0.399 e. The molecule has 0 aliphatic carbocycles. The number of nitrogens with two attached hydrogens (primary N) is 1. The molecule has 0 aliphatic heterocycles. The molecule has 0 radical (unpaired) electrons. The van der Waals surface area contributed by atoms with E-state index in [1.807, 2.05) is 32.0 Å². The van der Waals surface area contributed by atoms with Crippen molar-refractivity contribution in [2.75, 3.05) is 11.1 Å². The van der Waals surface area contributed by atoms with E-state index in [1.54, 1.807) is 12.1 Å². The van der Waals surface area contributed by atoms with E-state index in [1.165, 1.54) is 6.07 Å². The maximum absolute atomic E-state index is 13.7. The molecule has 0 aliphatic rings. The van der Waals surface area contributed by atoms with E-state index >= 15 is 0 Å². The molecule has 0 unspecified atom stereocenters. The van der Waals surface area contributed by atoms with E-state index < -0.39 is 0 Å². The van der Waals surface area contributed by atoms with Gasteiger partial charge in [0, 0.05) is 11.4 Å². The standard InChI is InChI=1S/C14H15FN2/c1-9-3-6-13(12(15)7-9)17-14-8-11(16)5-4-10(14)2/h3-8,17H,16H2,1-2H3. The van der Waals surface area contributed by atoms with Crippen molar-refractivity contribution in [1.82, 2.24) is 0 Å². The van der Waals surface area contributed by atoms with Gasteiger partial charge in [-0.25, -0.2) is 4.39 Å². The summed E-state index contributed by atoms with van der Waals surface area (Å²) < 4.78 is 13.7. The Kier molecular flexibility index (Phi) is 3.00. The second-order valence-corrected chi connectivity index (χ2v) is 4.18. The molecule has 88 valence electrons. The highest BCUT2D eigenvalue weighted by molar-refractivity contribution is 5.67. The van der Waals surface area contributed by atoms with Crippen LogP contribution in [-0.4, -0.2) is 0 Å². The molecule has 3 N–H and O–H groups in total. The van der Waals surface area contributed by atoms with Crippen molar-refractivity contribution in [3.05, 3.63) is 53.3 Å². The minimum absolute atomic E-state index is 0.258. The molecule has 0 heterocycles. The van der Waals surface area contributed by atoms with Crippen LogP contribution in [0, 0.1) is 19.7 Å². The van der Waals surface area contributed by atoms with Crippen LogP contribution in [0.15, 0.2) is 36.4 Å². The molecule has 2 rings (SSSR count). The Morgan fingerprint density at radius 3 is 2.47 bits per heavy atom. The molecule has 2 nitrogen and oxygen atoms in total. The van der Waals surface area contributed by atoms with Crippen LogP contribution in [0.5, 0.6) is 0 Å². The maximum atomic E-state index is 13.7. The monoisotopic (exact) mass is 230 g/mol. The number of anilines is 3. The van der Waals surface area contributed by atoms with Gasteiger partial charge in [-0.2, -0.15) is 0 Å². The van der Waals surface area contributed by atoms with Crippen LogP contribution in [0.4, 0.5) is 21.5 Å². The Labute approximate surface area is 100 Å². The number of nitrogen functional groups attached to an aromatic ring is 1. The van der Waals surface area contributed by atoms with Crippen molar-refractivity contribution in [2.45, 2.75) is 13.8 Å². The van der Waals surface area contributed by atoms with Crippen LogP contribution in [0.3, 0.4) is 0 Å². The van der Waals surface area contributed by atoms with Crippen molar-refractivity contribution in [3.8, 4) is 0 Å². The highest BCUT2D eigenvalue weighted by Gasteiger charge is 2.04. The second-order valence-electron chi connectivity index (χ2n) is 4.18. The third kappa shape index (κ3) is 2.56. The zero-order valence-electron chi connectivity index (χ0n) is 9.92. The maximum Gasteiger partial charge on any atom is 0.146 e. The summed E-state index contributed by atoms with van der Waals surface area (Å²) in [6.45, 7) is 3.81. The van der Waals surface area contributed by atoms with E-state index in [4.69, 9.17) is 5.73 Å². The van der Waals surface area contributed by atoms with Crippen LogP contribution < -0.4 is 11.1 Å². The Morgan fingerprint density at radius 1 is 1.00 bits per heavy atom. The Morgan fingerprint density at radius 2 is 1.76 bits per heavy atom. The number of halogens is 1. The number of hydrogen-bond donors (Lipinski definition) is 2. The number of rotatable bonds is 2. The molecule has 0 saturated heterocycles. The Balaban J connectivity index is 2.34. The molecule has 2 aromatic rings. The molecule has 0 saturated carbocycles. The van der Waals surface area contributed by atoms with Gasteiger partial charge in [-0.1, -0.05) is 12.1 Å². The molecule has 0 bridgehead atoms.